The van der Waals surface area contributed by atoms with E-state index in [-0.39, 0.29) is 5.69 Å². The summed E-state index contributed by atoms with van der Waals surface area (Å²) in [5.74, 6) is -0.482. The standard InChI is InChI=1S/C10H15N3O3/c14-8-3-1-2-5-10(8,16)12-9(15)7-4-6-11-13-7/h4,6,8,14,16H,1-3,5H2,(H,11,13)(H,12,15). The topological polar surface area (TPSA) is 98.2 Å². The zero-order chi connectivity index (χ0) is 11.6. The van der Waals surface area contributed by atoms with Crippen molar-refractivity contribution in [1.82, 2.24) is 15.5 Å². The monoisotopic (exact) mass is 225 g/mol. The van der Waals surface area contributed by atoms with Gasteiger partial charge in [0, 0.05) is 6.20 Å². The van der Waals surface area contributed by atoms with Gasteiger partial charge in [-0.15, -0.1) is 0 Å². The van der Waals surface area contributed by atoms with Crippen LogP contribution >= 0.6 is 0 Å². The van der Waals surface area contributed by atoms with Crippen molar-refractivity contribution in [2.45, 2.75) is 37.5 Å². The molecule has 0 aromatic carbocycles. The first kappa shape index (κ1) is 11.1. The van der Waals surface area contributed by atoms with E-state index in [9.17, 15) is 15.0 Å². The van der Waals surface area contributed by atoms with Crippen LogP contribution in [0.15, 0.2) is 12.3 Å². The van der Waals surface area contributed by atoms with Crippen molar-refractivity contribution in [3.8, 4) is 0 Å². The lowest BCUT2D eigenvalue weighted by atomic mass is 9.89. The van der Waals surface area contributed by atoms with Crippen molar-refractivity contribution in [1.29, 1.82) is 0 Å². The molecule has 1 fully saturated rings. The van der Waals surface area contributed by atoms with Crippen LogP contribution in [0, 0.1) is 0 Å². The Bertz CT molecular complexity index is 365. The van der Waals surface area contributed by atoms with E-state index < -0.39 is 17.7 Å². The lowest BCUT2D eigenvalue weighted by Crippen LogP contribution is -2.58. The first-order chi connectivity index (χ1) is 7.62. The fourth-order valence-corrected chi connectivity index (χ4v) is 1.93. The molecule has 1 amide bonds. The largest absolute Gasteiger partial charge is 0.388 e. The van der Waals surface area contributed by atoms with Crippen molar-refractivity contribution in [2.75, 3.05) is 0 Å². The van der Waals surface area contributed by atoms with Gasteiger partial charge in [0.1, 0.15) is 11.8 Å². The van der Waals surface area contributed by atoms with Crippen molar-refractivity contribution < 1.29 is 15.0 Å². The molecule has 1 heterocycles. The quantitative estimate of drug-likeness (QED) is 0.522. The minimum atomic E-state index is -1.52. The molecule has 2 atom stereocenters. The molecule has 1 aromatic heterocycles. The summed E-state index contributed by atoms with van der Waals surface area (Å²) >= 11 is 0. The average molecular weight is 225 g/mol. The van der Waals surface area contributed by atoms with E-state index in [1.807, 2.05) is 0 Å². The van der Waals surface area contributed by atoms with Gasteiger partial charge < -0.3 is 15.5 Å². The van der Waals surface area contributed by atoms with E-state index in [0.29, 0.717) is 12.8 Å². The highest BCUT2D eigenvalue weighted by atomic mass is 16.4. The highest BCUT2D eigenvalue weighted by Gasteiger charge is 2.39. The van der Waals surface area contributed by atoms with Gasteiger partial charge in [-0.1, -0.05) is 6.42 Å². The van der Waals surface area contributed by atoms with E-state index in [4.69, 9.17) is 0 Å². The van der Waals surface area contributed by atoms with Crippen LogP contribution in [0.1, 0.15) is 36.2 Å². The Morgan fingerprint density at radius 2 is 2.44 bits per heavy atom. The third-order valence-corrected chi connectivity index (χ3v) is 2.90. The SMILES string of the molecule is O=C(NC1(O)CCCCC1O)c1cc[nH]n1. The summed E-state index contributed by atoms with van der Waals surface area (Å²) in [6, 6.07) is 1.51. The first-order valence-corrected chi connectivity index (χ1v) is 5.34. The van der Waals surface area contributed by atoms with Crippen molar-refractivity contribution >= 4 is 5.91 Å². The Balaban J connectivity index is 2.05. The number of nitrogens with one attached hydrogen (secondary N) is 2. The lowest BCUT2D eigenvalue weighted by molar-refractivity contribution is -0.114. The number of carbonyl (C=O) groups is 1. The van der Waals surface area contributed by atoms with Gasteiger partial charge in [-0.05, 0) is 25.3 Å². The maximum absolute atomic E-state index is 11.7. The number of nitrogens with zero attached hydrogens (tertiary/aromatic N) is 1. The summed E-state index contributed by atoms with van der Waals surface area (Å²) in [5, 5.41) is 28.4. The number of hydrogen-bond acceptors (Lipinski definition) is 4. The third kappa shape index (κ3) is 2.07. The molecule has 16 heavy (non-hydrogen) atoms. The van der Waals surface area contributed by atoms with Gasteiger partial charge in [-0.3, -0.25) is 9.89 Å². The number of H-pyrrole nitrogens is 1. The second kappa shape index (κ2) is 4.23. The fraction of sp³-hybridized carbons (Fsp3) is 0.600. The summed E-state index contributed by atoms with van der Waals surface area (Å²) in [6.45, 7) is 0. The van der Waals surface area contributed by atoms with Crippen LogP contribution < -0.4 is 5.32 Å². The van der Waals surface area contributed by atoms with Crippen LogP contribution in [0.4, 0.5) is 0 Å². The molecule has 0 aliphatic heterocycles. The Morgan fingerprint density at radius 1 is 1.62 bits per heavy atom. The minimum absolute atomic E-state index is 0.200. The lowest BCUT2D eigenvalue weighted by Gasteiger charge is -2.37. The summed E-state index contributed by atoms with van der Waals surface area (Å²) < 4.78 is 0. The van der Waals surface area contributed by atoms with Gasteiger partial charge in [-0.2, -0.15) is 5.10 Å². The van der Waals surface area contributed by atoms with E-state index in [2.05, 4.69) is 15.5 Å². The highest BCUT2D eigenvalue weighted by molar-refractivity contribution is 5.92. The van der Waals surface area contributed by atoms with Gasteiger partial charge in [0.05, 0.1) is 0 Å². The number of amides is 1. The molecule has 88 valence electrons. The molecule has 0 radical (unpaired) electrons. The average Bonchev–Trinajstić information content (AvgIpc) is 2.76. The number of aliphatic hydroxyl groups excluding tert-OH is 1. The molecule has 2 unspecified atom stereocenters. The molecule has 1 aliphatic rings. The molecule has 0 bridgehead atoms. The van der Waals surface area contributed by atoms with Crippen LogP contribution in [0.25, 0.3) is 0 Å². The molecule has 1 saturated carbocycles. The summed E-state index contributed by atoms with van der Waals surface area (Å²) in [5.41, 5.74) is -1.32. The molecule has 1 aliphatic carbocycles. The van der Waals surface area contributed by atoms with Crippen LogP contribution in [0.5, 0.6) is 0 Å². The third-order valence-electron chi connectivity index (χ3n) is 2.90. The number of hydrogen-bond donors (Lipinski definition) is 4. The molecular weight excluding hydrogens is 210 g/mol. The Hall–Kier alpha value is -1.40. The second-order valence-electron chi connectivity index (χ2n) is 4.10. The molecule has 4 N–H and O–H groups in total. The van der Waals surface area contributed by atoms with Gasteiger partial charge in [0.2, 0.25) is 0 Å². The zero-order valence-corrected chi connectivity index (χ0v) is 8.81. The number of aliphatic hydroxyl groups is 2. The van der Waals surface area contributed by atoms with Crippen LogP contribution in [0.3, 0.4) is 0 Å². The van der Waals surface area contributed by atoms with E-state index in [1.165, 1.54) is 12.3 Å². The van der Waals surface area contributed by atoms with Crippen LogP contribution in [-0.2, 0) is 0 Å². The van der Waals surface area contributed by atoms with Gasteiger partial charge in [0.15, 0.2) is 5.72 Å². The number of aromatic nitrogens is 2. The summed E-state index contributed by atoms with van der Waals surface area (Å²) in [6.07, 6.45) is 3.12. The molecule has 0 spiro atoms. The molecular formula is C10H15N3O3. The normalized spacial score (nSPS) is 30.0. The summed E-state index contributed by atoms with van der Waals surface area (Å²) in [4.78, 5) is 11.7. The first-order valence-electron chi connectivity index (χ1n) is 5.34. The van der Waals surface area contributed by atoms with Crippen molar-refractivity contribution in [2.24, 2.45) is 0 Å². The fourth-order valence-electron chi connectivity index (χ4n) is 1.93. The number of aromatic amines is 1. The Kier molecular flexibility index (Phi) is 2.93. The summed E-state index contributed by atoms with van der Waals surface area (Å²) in [7, 11) is 0. The molecule has 1 aromatic rings. The molecule has 0 saturated heterocycles. The van der Waals surface area contributed by atoms with Gasteiger partial charge in [0.25, 0.3) is 5.91 Å². The number of carbonyl (C=O) groups excluding carboxylic acids is 1. The molecule has 2 rings (SSSR count). The Morgan fingerprint density at radius 3 is 3.06 bits per heavy atom. The van der Waals surface area contributed by atoms with Gasteiger partial charge >= 0.3 is 0 Å². The van der Waals surface area contributed by atoms with Crippen LogP contribution in [-0.4, -0.2) is 38.1 Å². The predicted molar refractivity (Wildman–Crippen MR) is 55.5 cm³/mol. The van der Waals surface area contributed by atoms with Crippen molar-refractivity contribution in [3.63, 3.8) is 0 Å². The number of rotatable bonds is 2. The minimum Gasteiger partial charge on any atom is -0.388 e. The molecule has 6 nitrogen and oxygen atoms in total. The zero-order valence-electron chi connectivity index (χ0n) is 8.81. The van der Waals surface area contributed by atoms with E-state index >= 15 is 0 Å². The van der Waals surface area contributed by atoms with E-state index in [1.54, 1.807) is 0 Å². The molecule has 6 heteroatoms. The maximum Gasteiger partial charge on any atom is 0.274 e. The van der Waals surface area contributed by atoms with Crippen molar-refractivity contribution in [3.05, 3.63) is 18.0 Å². The maximum atomic E-state index is 11.7. The Labute approximate surface area is 92.7 Å². The highest BCUT2D eigenvalue weighted by Crippen LogP contribution is 2.26. The predicted octanol–water partition coefficient (Wildman–Crippen LogP) is -0.237. The van der Waals surface area contributed by atoms with Crippen LogP contribution in [0.2, 0.25) is 0 Å². The second-order valence-corrected chi connectivity index (χ2v) is 4.10. The smallest absolute Gasteiger partial charge is 0.274 e. The van der Waals surface area contributed by atoms with Gasteiger partial charge in [-0.25, -0.2) is 0 Å². The van der Waals surface area contributed by atoms with E-state index in [0.717, 1.165) is 12.8 Å².